The van der Waals surface area contributed by atoms with Crippen LogP contribution in [0.15, 0.2) is 0 Å². The van der Waals surface area contributed by atoms with E-state index in [1.54, 1.807) is 0 Å². The summed E-state index contributed by atoms with van der Waals surface area (Å²) in [6.07, 6.45) is 8.95. The Balaban J connectivity index is 1.91. The lowest BCUT2D eigenvalue weighted by Gasteiger charge is -2.33. The topological polar surface area (TPSA) is 49.4 Å². The molecule has 2 amide bonds. The number of rotatable bonds is 3. The average Bonchev–Trinajstić information content (AvgIpc) is 2.76. The summed E-state index contributed by atoms with van der Waals surface area (Å²) in [5.41, 5.74) is 0. The van der Waals surface area contributed by atoms with Gasteiger partial charge in [0.15, 0.2) is 0 Å². The van der Waals surface area contributed by atoms with Crippen molar-refractivity contribution in [3.63, 3.8) is 0 Å². The fourth-order valence-electron chi connectivity index (χ4n) is 3.31. The van der Waals surface area contributed by atoms with Crippen molar-refractivity contribution in [2.75, 3.05) is 18.8 Å². The van der Waals surface area contributed by atoms with Crippen LogP contribution in [0.25, 0.3) is 0 Å². The molecule has 0 aromatic carbocycles. The first-order chi connectivity index (χ1) is 9.72. The molecule has 0 aromatic rings. The van der Waals surface area contributed by atoms with E-state index in [0.717, 1.165) is 51.6 Å². The van der Waals surface area contributed by atoms with E-state index in [0.29, 0.717) is 5.75 Å². The fraction of sp³-hybridized carbons (Fsp3) is 0.933. The number of amides is 2. The second kappa shape index (κ2) is 8.01. The van der Waals surface area contributed by atoms with Gasteiger partial charge in [-0.05, 0) is 25.7 Å². The van der Waals surface area contributed by atoms with Crippen LogP contribution in [0.5, 0.6) is 0 Å². The second-order valence-electron chi connectivity index (χ2n) is 5.95. The van der Waals surface area contributed by atoms with E-state index in [2.05, 4.69) is 5.32 Å². The van der Waals surface area contributed by atoms with Crippen LogP contribution in [0.4, 0.5) is 4.79 Å². The van der Waals surface area contributed by atoms with E-state index in [1.807, 2.05) is 11.8 Å². The summed E-state index contributed by atoms with van der Waals surface area (Å²) in [7, 11) is -0.802. The summed E-state index contributed by atoms with van der Waals surface area (Å²) in [4.78, 5) is 14.3. The van der Waals surface area contributed by atoms with E-state index in [-0.39, 0.29) is 17.3 Å². The van der Waals surface area contributed by atoms with Crippen LogP contribution >= 0.6 is 0 Å². The van der Waals surface area contributed by atoms with Crippen LogP contribution < -0.4 is 5.32 Å². The van der Waals surface area contributed by atoms with Gasteiger partial charge >= 0.3 is 6.03 Å². The maximum atomic E-state index is 12.4. The number of hydrogen-bond acceptors (Lipinski definition) is 2. The number of carbonyl (C=O) groups excluding carboxylic acids is 1. The smallest absolute Gasteiger partial charge is 0.317 e. The van der Waals surface area contributed by atoms with Crippen molar-refractivity contribution in [1.29, 1.82) is 0 Å². The molecule has 1 aliphatic carbocycles. The summed E-state index contributed by atoms with van der Waals surface area (Å²) in [6, 6.07) is 0.178. The Hall–Kier alpha value is -0.580. The van der Waals surface area contributed by atoms with E-state index in [4.69, 9.17) is 0 Å². The Kier molecular flexibility index (Phi) is 6.33. The minimum absolute atomic E-state index is 0.0666. The lowest BCUT2D eigenvalue weighted by atomic mass is 9.95. The first-order valence-corrected chi connectivity index (χ1v) is 9.53. The Morgan fingerprint density at radius 3 is 2.40 bits per heavy atom. The largest absolute Gasteiger partial charge is 0.334 e. The molecule has 0 aromatic heterocycles. The molecule has 1 heterocycles. The zero-order chi connectivity index (χ0) is 14.4. The molecular weight excluding hydrogens is 272 g/mol. The highest BCUT2D eigenvalue weighted by Crippen LogP contribution is 2.23. The number of urea groups is 1. The third kappa shape index (κ3) is 4.21. The van der Waals surface area contributed by atoms with Crippen LogP contribution in [0.1, 0.15) is 58.3 Å². The van der Waals surface area contributed by atoms with Crippen LogP contribution in [0.2, 0.25) is 0 Å². The van der Waals surface area contributed by atoms with Crippen LogP contribution in [0.3, 0.4) is 0 Å². The SMILES string of the molecule is CCS(=O)C1CCCCC1NC(=O)N1CCCCCC1. The minimum Gasteiger partial charge on any atom is -0.334 e. The van der Waals surface area contributed by atoms with Crippen LogP contribution in [-0.4, -0.2) is 45.3 Å². The molecule has 2 rings (SSSR count). The van der Waals surface area contributed by atoms with Gasteiger partial charge in [0.05, 0.1) is 5.25 Å². The summed E-state index contributed by atoms with van der Waals surface area (Å²) >= 11 is 0. The molecular formula is C15H28N2O2S. The Bertz CT molecular complexity index is 341. The van der Waals surface area contributed by atoms with E-state index < -0.39 is 10.8 Å². The molecule has 5 heteroatoms. The standard InChI is InChI=1S/C15H28N2O2S/c1-2-20(19)14-10-6-5-9-13(14)16-15(18)17-11-7-3-4-8-12-17/h13-14H,2-12H2,1H3,(H,16,18). The molecule has 2 aliphatic rings. The minimum atomic E-state index is -0.802. The van der Waals surface area contributed by atoms with Crippen molar-refractivity contribution in [3.8, 4) is 0 Å². The van der Waals surface area contributed by atoms with Crippen molar-refractivity contribution >= 4 is 16.8 Å². The van der Waals surface area contributed by atoms with Gasteiger partial charge in [-0.2, -0.15) is 0 Å². The Morgan fingerprint density at radius 2 is 1.75 bits per heavy atom. The van der Waals surface area contributed by atoms with Gasteiger partial charge in [0.1, 0.15) is 0 Å². The molecule has 2 fully saturated rings. The third-order valence-corrected chi connectivity index (χ3v) is 6.34. The Labute approximate surface area is 125 Å². The monoisotopic (exact) mass is 300 g/mol. The van der Waals surface area contributed by atoms with Crippen LogP contribution in [-0.2, 0) is 10.8 Å². The summed E-state index contributed by atoms with van der Waals surface area (Å²) in [5.74, 6) is 0.695. The molecule has 3 unspecified atom stereocenters. The van der Waals surface area contributed by atoms with Gasteiger partial charge in [-0.3, -0.25) is 4.21 Å². The van der Waals surface area contributed by atoms with E-state index >= 15 is 0 Å². The quantitative estimate of drug-likeness (QED) is 0.871. The van der Waals surface area contributed by atoms with Crippen molar-refractivity contribution in [1.82, 2.24) is 10.2 Å². The first-order valence-electron chi connectivity index (χ1n) is 8.15. The third-order valence-electron chi connectivity index (χ3n) is 4.53. The molecule has 0 bridgehead atoms. The number of carbonyl (C=O) groups is 1. The maximum Gasteiger partial charge on any atom is 0.317 e. The number of likely N-dealkylation sites (tertiary alicyclic amines) is 1. The van der Waals surface area contributed by atoms with E-state index in [9.17, 15) is 9.00 Å². The van der Waals surface area contributed by atoms with Crippen molar-refractivity contribution < 1.29 is 9.00 Å². The molecule has 4 nitrogen and oxygen atoms in total. The van der Waals surface area contributed by atoms with Gasteiger partial charge < -0.3 is 10.2 Å². The number of nitrogens with zero attached hydrogens (tertiary/aromatic N) is 1. The average molecular weight is 300 g/mol. The van der Waals surface area contributed by atoms with Crippen molar-refractivity contribution in [2.24, 2.45) is 0 Å². The molecule has 116 valence electrons. The van der Waals surface area contributed by atoms with Crippen molar-refractivity contribution in [3.05, 3.63) is 0 Å². The van der Waals surface area contributed by atoms with Gasteiger partial charge in [-0.25, -0.2) is 4.79 Å². The zero-order valence-corrected chi connectivity index (χ0v) is 13.4. The summed E-state index contributed by atoms with van der Waals surface area (Å²) in [5, 5.41) is 3.33. The predicted molar refractivity (Wildman–Crippen MR) is 83.3 cm³/mol. The normalized spacial score (nSPS) is 29.6. The second-order valence-corrected chi connectivity index (χ2v) is 7.89. The van der Waals surface area contributed by atoms with Gasteiger partial charge in [0.2, 0.25) is 0 Å². The fourth-order valence-corrected chi connectivity index (χ4v) is 4.74. The van der Waals surface area contributed by atoms with Gasteiger partial charge in [0, 0.05) is 35.7 Å². The lowest BCUT2D eigenvalue weighted by Crippen LogP contribution is -2.51. The first kappa shape index (κ1) is 15.8. The molecule has 1 saturated heterocycles. The highest BCUT2D eigenvalue weighted by molar-refractivity contribution is 7.85. The molecule has 1 saturated carbocycles. The number of nitrogens with one attached hydrogen (secondary N) is 1. The summed E-state index contributed by atoms with van der Waals surface area (Å²) < 4.78 is 12.1. The molecule has 0 spiro atoms. The maximum absolute atomic E-state index is 12.4. The van der Waals surface area contributed by atoms with Crippen molar-refractivity contribution in [2.45, 2.75) is 69.6 Å². The highest BCUT2D eigenvalue weighted by Gasteiger charge is 2.31. The van der Waals surface area contributed by atoms with Gasteiger partial charge in [0.25, 0.3) is 0 Å². The Morgan fingerprint density at radius 1 is 1.10 bits per heavy atom. The molecule has 20 heavy (non-hydrogen) atoms. The van der Waals surface area contributed by atoms with Crippen LogP contribution in [0, 0.1) is 0 Å². The highest BCUT2D eigenvalue weighted by atomic mass is 32.2. The molecule has 1 N–H and O–H groups in total. The summed E-state index contributed by atoms with van der Waals surface area (Å²) in [6.45, 7) is 3.72. The van der Waals surface area contributed by atoms with Gasteiger partial charge in [-0.15, -0.1) is 0 Å². The van der Waals surface area contributed by atoms with Gasteiger partial charge in [-0.1, -0.05) is 32.6 Å². The number of hydrogen-bond donors (Lipinski definition) is 1. The predicted octanol–water partition coefficient (Wildman–Crippen LogP) is 2.65. The molecule has 1 aliphatic heterocycles. The molecule has 0 radical (unpaired) electrons. The zero-order valence-electron chi connectivity index (χ0n) is 12.6. The van der Waals surface area contributed by atoms with E-state index in [1.165, 1.54) is 12.8 Å². The lowest BCUT2D eigenvalue weighted by molar-refractivity contribution is 0.192. The molecule has 3 atom stereocenters.